The van der Waals surface area contributed by atoms with E-state index >= 15 is 0 Å². The van der Waals surface area contributed by atoms with Crippen molar-refractivity contribution >= 4 is 11.8 Å². The molecule has 3 nitrogen and oxygen atoms in total. The molecule has 98 valence electrons. The van der Waals surface area contributed by atoms with E-state index in [0.29, 0.717) is 18.8 Å². The quantitative estimate of drug-likeness (QED) is 0.741. The molecule has 1 saturated carbocycles. The second kappa shape index (κ2) is 7.46. The molecule has 1 N–H and O–H groups in total. The van der Waals surface area contributed by atoms with Gasteiger partial charge >= 0.3 is 5.97 Å². The van der Waals surface area contributed by atoms with Crippen LogP contribution in [-0.2, 0) is 9.59 Å². The highest BCUT2D eigenvalue weighted by Gasteiger charge is 2.23. The summed E-state index contributed by atoms with van der Waals surface area (Å²) in [7, 11) is 0. The molecule has 0 bridgehead atoms. The molecule has 1 aliphatic carbocycles. The summed E-state index contributed by atoms with van der Waals surface area (Å²) < 4.78 is 0. The molecule has 0 heterocycles. The lowest BCUT2D eigenvalue weighted by Crippen LogP contribution is -2.19. The molecule has 1 atom stereocenters. The topological polar surface area (TPSA) is 54.4 Å². The van der Waals surface area contributed by atoms with Gasteiger partial charge in [0.05, 0.1) is 5.92 Å². The Morgan fingerprint density at radius 2 is 1.88 bits per heavy atom. The first kappa shape index (κ1) is 14.2. The molecule has 1 unspecified atom stereocenters. The van der Waals surface area contributed by atoms with Crippen molar-refractivity contribution in [3.63, 3.8) is 0 Å². The number of hydrogen-bond acceptors (Lipinski definition) is 2. The van der Waals surface area contributed by atoms with Gasteiger partial charge in [-0.05, 0) is 32.1 Å². The molecule has 0 amide bonds. The normalized spacial score (nSPS) is 18.9. The van der Waals surface area contributed by atoms with E-state index in [1.54, 1.807) is 6.92 Å². The molecule has 1 fully saturated rings. The first-order valence-corrected chi connectivity index (χ1v) is 6.82. The molecule has 0 aromatic rings. The summed E-state index contributed by atoms with van der Waals surface area (Å²) in [5.74, 6) is -0.162. The summed E-state index contributed by atoms with van der Waals surface area (Å²) in [6, 6.07) is 0. The number of carbonyl (C=O) groups excluding carboxylic acids is 1. The summed E-state index contributed by atoms with van der Waals surface area (Å²) in [5, 5.41) is 9.18. The van der Waals surface area contributed by atoms with Crippen molar-refractivity contribution in [3.8, 4) is 0 Å². The number of carboxylic acid groups (broad SMARTS) is 1. The molecule has 3 heteroatoms. The Labute approximate surface area is 104 Å². The van der Waals surface area contributed by atoms with E-state index in [4.69, 9.17) is 0 Å². The molecule has 0 spiro atoms. The van der Waals surface area contributed by atoms with Gasteiger partial charge in [-0.2, -0.15) is 0 Å². The summed E-state index contributed by atoms with van der Waals surface area (Å²) in [6.07, 6.45) is 8.91. The zero-order valence-corrected chi connectivity index (χ0v) is 10.8. The standard InChI is InChI=1S/C14H24O3/c1-11(15)6-5-9-13(14(16)17)10-12-7-3-2-4-8-12/h12-13H,2-10H2,1H3,(H,16,17). The van der Waals surface area contributed by atoms with Crippen LogP contribution >= 0.6 is 0 Å². The van der Waals surface area contributed by atoms with Crippen LogP contribution in [0.15, 0.2) is 0 Å². The van der Waals surface area contributed by atoms with Gasteiger partial charge in [0, 0.05) is 6.42 Å². The second-order valence-corrected chi connectivity index (χ2v) is 5.37. The van der Waals surface area contributed by atoms with Gasteiger partial charge in [-0.1, -0.05) is 32.1 Å². The maximum Gasteiger partial charge on any atom is 0.306 e. The Hall–Kier alpha value is -0.860. The fraction of sp³-hybridized carbons (Fsp3) is 0.857. The number of carbonyl (C=O) groups is 2. The number of rotatable bonds is 7. The fourth-order valence-corrected chi connectivity index (χ4v) is 2.76. The van der Waals surface area contributed by atoms with Gasteiger partial charge in [0.25, 0.3) is 0 Å². The lowest BCUT2D eigenvalue weighted by molar-refractivity contribution is -0.143. The number of Topliss-reactive ketones (excluding diaryl/α,β-unsaturated/α-hetero) is 1. The van der Waals surface area contributed by atoms with Gasteiger partial charge in [0.2, 0.25) is 0 Å². The smallest absolute Gasteiger partial charge is 0.306 e. The average molecular weight is 240 g/mol. The molecule has 0 aromatic heterocycles. The molecule has 0 radical (unpaired) electrons. The van der Waals surface area contributed by atoms with Crippen LogP contribution in [0.3, 0.4) is 0 Å². The second-order valence-electron chi connectivity index (χ2n) is 5.37. The van der Waals surface area contributed by atoms with Gasteiger partial charge < -0.3 is 9.90 Å². The van der Waals surface area contributed by atoms with Crippen LogP contribution in [0.5, 0.6) is 0 Å². The highest BCUT2D eigenvalue weighted by molar-refractivity contribution is 5.75. The third-order valence-corrected chi connectivity index (χ3v) is 3.77. The maximum atomic E-state index is 11.2. The zero-order chi connectivity index (χ0) is 12.7. The summed E-state index contributed by atoms with van der Waals surface area (Å²) in [4.78, 5) is 22.0. The molecule has 0 aliphatic heterocycles. The molecule has 1 rings (SSSR count). The van der Waals surface area contributed by atoms with Gasteiger partial charge in [-0.15, -0.1) is 0 Å². The largest absolute Gasteiger partial charge is 0.481 e. The van der Waals surface area contributed by atoms with E-state index in [9.17, 15) is 14.7 Å². The minimum absolute atomic E-state index is 0.159. The third kappa shape index (κ3) is 5.85. The Balaban J connectivity index is 2.31. The van der Waals surface area contributed by atoms with E-state index in [-0.39, 0.29) is 11.7 Å². The van der Waals surface area contributed by atoms with Crippen LogP contribution in [0, 0.1) is 11.8 Å². The SMILES string of the molecule is CC(=O)CCCC(CC1CCCCC1)C(=O)O. The molecular formula is C14H24O3. The first-order chi connectivity index (χ1) is 8.09. The third-order valence-electron chi connectivity index (χ3n) is 3.77. The predicted molar refractivity (Wildman–Crippen MR) is 66.8 cm³/mol. The van der Waals surface area contributed by atoms with E-state index < -0.39 is 5.97 Å². The lowest BCUT2D eigenvalue weighted by Gasteiger charge is -2.24. The van der Waals surface area contributed by atoms with Crippen molar-refractivity contribution < 1.29 is 14.7 Å². The summed E-state index contributed by atoms with van der Waals surface area (Å²) in [5.41, 5.74) is 0. The van der Waals surface area contributed by atoms with Crippen molar-refractivity contribution in [1.29, 1.82) is 0 Å². The highest BCUT2D eigenvalue weighted by atomic mass is 16.4. The average Bonchev–Trinajstić information content (AvgIpc) is 2.28. The van der Waals surface area contributed by atoms with E-state index in [1.165, 1.54) is 32.1 Å². The van der Waals surface area contributed by atoms with Crippen LogP contribution in [0.4, 0.5) is 0 Å². The van der Waals surface area contributed by atoms with Crippen molar-refractivity contribution in [2.45, 2.75) is 64.7 Å². The zero-order valence-electron chi connectivity index (χ0n) is 10.8. The Bertz CT molecular complexity index is 254. The Morgan fingerprint density at radius 3 is 2.41 bits per heavy atom. The lowest BCUT2D eigenvalue weighted by atomic mass is 9.81. The number of ketones is 1. The monoisotopic (exact) mass is 240 g/mol. The molecule has 0 aromatic carbocycles. The van der Waals surface area contributed by atoms with Gasteiger partial charge in [0.15, 0.2) is 0 Å². The highest BCUT2D eigenvalue weighted by Crippen LogP contribution is 2.30. The number of aliphatic carboxylic acids is 1. The minimum atomic E-state index is -0.681. The Kier molecular flexibility index (Phi) is 6.23. The number of hydrogen-bond donors (Lipinski definition) is 1. The first-order valence-electron chi connectivity index (χ1n) is 6.82. The van der Waals surface area contributed by atoms with Gasteiger partial charge in [0.1, 0.15) is 5.78 Å². The molecule has 0 saturated heterocycles. The van der Waals surface area contributed by atoms with Crippen LogP contribution in [0.2, 0.25) is 0 Å². The minimum Gasteiger partial charge on any atom is -0.481 e. The van der Waals surface area contributed by atoms with Crippen molar-refractivity contribution in [2.24, 2.45) is 11.8 Å². The van der Waals surface area contributed by atoms with Crippen LogP contribution in [-0.4, -0.2) is 16.9 Å². The predicted octanol–water partition coefficient (Wildman–Crippen LogP) is 3.42. The van der Waals surface area contributed by atoms with Crippen molar-refractivity contribution in [3.05, 3.63) is 0 Å². The van der Waals surface area contributed by atoms with Crippen molar-refractivity contribution in [1.82, 2.24) is 0 Å². The summed E-state index contributed by atoms with van der Waals surface area (Å²) in [6.45, 7) is 1.57. The summed E-state index contributed by atoms with van der Waals surface area (Å²) >= 11 is 0. The van der Waals surface area contributed by atoms with E-state index in [0.717, 1.165) is 12.8 Å². The van der Waals surface area contributed by atoms with E-state index in [2.05, 4.69) is 0 Å². The van der Waals surface area contributed by atoms with Crippen molar-refractivity contribution in [2.75, 3.05) is 0 Å². The molecule has 1 aliphatic rings. The van der Waals surface area contributed by atoms with E-state index in [1.807, 2.05) is 0 Å². The molecular weight excluding hydrogens is 216 g/mol. The molecule has 17 heavy (non-hydrogen) atoms. The van der Waals surface area contributed by atoms with Crippen LogP contribution in [0.1, 0.15) is 64.7 Å². The fourth-order valence-electron chi connectivity index (χ4n) is 2.76. The van der Waals surface area contributed by atoms with Crippen LogP contribution < -0.4 is 0 Å². The van der Waals surface area contributed by atoms with Gasteiger partial charge in [-0.3, -0.25) is 4.79 Å². The van der Waals surface area contributed by atoms with Crippen LogP contribution in [0.25, 0.3) is 0 Å². The van der Waals surface area contributed by atoms with Gasteiger partial charge in [-0.25, -0.2) is 0 Å². The maximum absolute atomic E-state index is 11.2. The number of carboxylic acids is 1. The Morgan fingerprint density at radius 1 is 1.24 bits per heavy atom.